The van der Waals surface area contributed by atoms with Crippen molar-refractivity contribution in [2.75, 3.05) is 26.1 Å². The van der Waals surface area contributed by atoms with Crippen LogP contribution in [0.25, 0.3) is 0 Å². The number of carbonyl (C=O) groups is 1. The van der Waals surface area contributed by atoms with Crippen molar-refractivity contribution >= 4 is 11.5 Å². The quantitative estimate of drug-likeness (QED) is 0.791. The fourth-order valence-electron chi connectivity index (χ4n) is 2.44. The Bertz CT molecular complexity index is 701. The second kappa shape index (κ2) is 7.63. The summed E-state index contributed by atoms with van der Waals surface area (Å²) in [4.78, 5) is 11.6. The molecule has 122 valence electrons. The molecule has 0 saturated carbocycles. The van der Waals surface area contributed by atoms with Crippen LogP contribution in [0.4, 0.5) is 10.1 Å². The highest BCUT2D eigenvalue weighted by atomic mass is 19.1. The Morgan fingerprint density at radius 3 is 2.61 bits per heavy atom. The number of methoxy groups -OCH3 is 2. The normalized spacial score (nSPS) is 10.3. The van der Waals surface area contributed by atoms with Gasteiger partial charge < -0.3 is 14.8 Å². The molecule has 0 heterocycles. The molecule has 0 aromatic heterocycles. The van der Waals surface area contributed by atoms with Gasteiger partial charge in [0.1, 0.15) is 17.3 Å². The van der Waals surface area contributed by atoms with E-state index < -0.39 is 5.82 Å². The Kier molecular flexibility index (Phi) is 5.57. The molecule has 2 aromatic rings. The van der Waals surface area contributed by atoms with Crippen molar-refractivity contribution in [2.24, 2.45) is 0 Å². The first kappa shape index (κ1) is 16.8. The Morgan fingerprint density at radius 2 is 1.96 bits per heavy atom. The molecule has 2 rings (SSSR count). The van der Waals surface area contributed by atoms with E-state index in [-0.39, 0.29) is 11.3 Å². The number of rotatable bonds is 7. The van der Waals surface area contributed by atoms with E-state index in [1.54, 1.807) is 26.4 Å². The number of nitrogens with one attached hydrogen (secondary N) is 1. The maximum atomic E-state index is 13.8. The van der Waals surface area contributed by atoms with E-state index in [0.717, 1.165) is 17.1 Å². The predicted molar refractivity (Wildman–Crippen MR) is 88.1 cm³/mol. The largest absolute Gasteiger partial charge is 0.497 e. The van der Waals surface area contributed by atoms with Crippen LogP contribution < -0.4 is 14.8 Å². The third kappa shape index (κ3) is 4.00. The van der Waals surface area contributed by atoms with Gasteiger partial charge in [0.2, 0.25) is 0 Å². The van der Waals surface area contributed by atoms with Gasteiger partial charge in [-0.3, -0.25) is 4.79 Å². The first-order valence-electron chi connectivity index (χ1n) is 7.31. The first-order valence-corrected chi connectivity index (χ1v) is 7.31. The van der Waals surface area contributed by atoms with Crippen LogP contribution in [0.15, 0.2) is 36.4 Å². The molecule has 0 bridgehead atoms. The molecule has 0 spiro atoms. The number of ether oxygens (including phenoxy) is 2. The molecule has 0 fully saturated rings. The number of benzene rings is 2. The van der Waals surface area contributed by atoms with Crippen LogP contribution in [0.2, 0.25) is 0 Å². The van der Waals surface area contributed by atoms with Crippen LogP contribution in [0.5, 0.6) is 11.5 Å². The van der Waals surface area contributed by atoms with E-state index in [1.807, 2.05) is 18.2 Å². The number of carbonyl (C=O) groups excluding carboxylic acids is 1. The van der Waals surface area contributed by atoms with Crippen molar-refractivity contribution in [1.82, 2.24) is 0 Å². The fourth-order valence-corrected chi connectivity index (χ4v) is 2.44. The molecule has 0 aliphatic carbocycles. The van der Waals surface area contributed by atoms with Gasteiger partial charge in [-0.2, -0.15) is 0 Å². The zero-order valence-corrected chi connectivity index (χ0v) is 13.5. The lowest BCUT2D eigenvalue weighted by Gasteiger charge is -2.13. The van der Waals surface area contributed by atoms with Crippen molar-refractivity contribution in [1.29, 1.82) is 0 Å². The van der Waals surface area contributed by atoms with Crippen LogP contribution >= 0.6 is 0 Å². The van der Waals surface area contributed by atoms with Crippen LogP contribution in [-0.2, 0) is 6.42 Å². The van der Waals surface area contributed by atoms with Crippen LogP contribution in [0.3, 0.4) is 0 Å². The second-order valence-corrected chi connectivity index (χ2v) is 5.07. The summed E-state index contributed by atoms with van der Waals surface area (Å²) < 4.78 is 24.3. The maximum Gasteiger partial charge on any atom is 0.164 e. The minimum atomic E-state index is -0.513. The van der Waals surface area contributed by atoms with Gasteiger partial charge in [0.25, 0.3) is 0 Å². The average Bonchev–Trinajstić information content (AvgIpc) is 2.54. The second-order valence-electron chi connectivity index (χ2n) is 5.07. The zero-order chi connectivity index (χ0) is 16.8. The summed E-state index contributed by atoms with van der Waals surface area (Å²) in [6.45, 7) is 1.89. The number of anilines is 1. The fraction of sp³-hybridized carbons (Fsp3) is 0.278. The van der Waals surface area contributed by atoms with Gasteiger partial charge in [-0.25, -0.2) is 4.39 Å². The summed E-state index contributed by atoms with van der Waals surface area (Å²) in [6, 6.07) is 10.1. The lowest BCUT2D eigenvalue weighted by atomic mass is 10.1. The lowest BCUT2D eigenvalue weighted by molar-refractivity contribution is 0.101. The SMILES string of the molecule is COc1ccc(OC)c(CCNc2cccc(F)c2C(C)=O)c1. The highest BCUT2D eigenvalue weighted by molar-refractivity contribution is 5.99. The summed E-state index contributed by atoms with van der Waals surface area (Å²) in [5, 5.41) is 3.12. The molecule has 0 saturated heterocycles. The Hall–Kier alpha value is -2.56. The number of Topliss-reactive ketones (excluding diaryl/α,β-unsaturated/α-hetero) is 1. The highest BCUT2D eigenvalue weighted by Gasteiger charge is 2.13. The monoisotopic (exact) mass is 317 g/mol. The first-order chi connectivity index (χ1) is 11.1. The third-order valence-electron chi connectivity index (χ3n) is 3.56. The van der Waals surface area contributed by atoms with Gasteiger partial charge in [-0.1, -0.05) is 6.07 Å². The van der Waals surface area contributed by atoms with E-state index in [0.29, 0.717) is 18.7 Å². The molecular weight excluding hydrogens is 297 g/mol. The van der Waals surface area contributed by atoms with Gasteiger partial charge in [-0.05, 0) is 49.2 Å². The van der Waals surface area contributed by atoms with Crippen molar-refractivity contribution in [3.8, 4) is 11.5 Å². The Balaban J connectivity index is 2.12. The molecule has 0 radical (unpaired) electrons. The van der Waals surface area contributed by atoms with Crippen LogP contribution in [-0.4, -0.2) is 26.5 Å². The van der Waals surface area contributed by atoms with E-state index in [2.05, 4.69) is 5.32 Å². The molecule has 5 heteroatoms. The maximum absolute atomic E-state index is 13.8. The summed E-state index contributed by atoms with van der Waals surface area (Å²) >= 11 is 0. The minimum Gasteiger partial charge on any atom is -0.497 e. The standard InChI is InChI=1S/C18H20FNO3/c1-12(21)18-15(19)5-4-6-16(18)20-10-9-13-11-14(22-2)7-8-17(13)23-3/h4-8,11,20H,9-10H2,1-3H3. The lowest BCUT2D eigenvalue weighted by Crippen LogP contribution is -2.10. The molecule has 0 unspecified atom stereocenters. The molecule has 2 aromatic carbocycles. The van der Waals surface area contributed by atoms with Crippen molar-refractivity contribution in [2.45, 2.75) is 13.3 Å². The van der Waals surface area contributed by atoms with Crippen LogP contribution in [0, 0.1) is 5.82 Å². The Labute approximate surface area is 135 Å². The highest BCUT2D eigenvalue weighted by Crippen LogP contribution is 2.25. The number of ketones is 1. The van der Waals surface area contributed by atoms with Gasteiger partial charge in [0.15, 0.2) is 5.78 Å². The summed E-state index contributed by atoms with van der Waals surface area (Å²) in [5.41, 5.74) is 1.56. The van der Waals surface area contributed by atoms with Gasteiger partial charge in [0.05, 0.1) is 19.8 Å². The van der Waals surface area contributed by atoms with E-state index in [4.69, 9.17) is 9.47 Å². The van der Waals surface area contributed by atoms with Crippen LogP contribution in [0.1, 0.15) is 22.8 Å². The number of hydrogen-bond donors (Lipinski definition) is 1. The summed E-state index contributed by atoms with van der Waals surface area (Å²) in [6.07, 6.45) is 0.647. The van der Waals surface area contributed by atoms with E-state index in [9.17, 15) is 9.18 Å². The zero-order valence-electron chi connectivity index (χ0n) is 13.5. The van der Waals surface area contributed by atoms with E-state index in [1.165, 1.54) is 13.0 Å². The van der Waals surface area contributed by atoms with Gasteiger partial charge in [0, 0.05) is 12.2 Å². The topological polar surface area (TPSA) is 47.6 Å². The predicted octanol–water partition coefficient (Wildman–Crippen LogP) is 3.70. The third-order valence-corrected chi connectivity index (χ3v) is 3.56. The van der Waals surface area contributed by atoms with Crippen molar-refractivity contribution in [3.05, 3.63) is 53.3 Å². The van der Waals surface area contributed by atoms with Crippen molar-refractivity contribution < 1.29 is 18.7 Å². The summed E-state index contributed by atoms with van der Waals surface area (Å²) in [5.74, 6) is 0.695. The van der Waals surface area contributed by atoms with Crippen molar-refractivity contribution in [3.63, 3.8) is 0 Å². The number of halogens is 1. The smallest absolute Gasteiger partial charge is 0.164 e. The summed E-state index contributed by atoms with van der Waals surface area (Å²) in [7, 11) is 3.22. The van der Waals surface area contributed by atoms with Gasteiger partial charge in [-0.15, -0.1) is 0 Å². The van der Waals surface area contributed by atoms with E-state index >= 15 is 0 Å². The molecule has 1 N–H and O–H groups in total. The molecule has 0 aliphatic heterocycles. The molecule has 23 heavy (non-hydrogen) atoms. The Morgan fingerprint density at radius 1 is 1.17 bits per heavy atom. The number of hydrogen-bond acceptors (Lipinski definition) is 4. The average molecular weight is 317 g/mol. The molecular formula is C18H20FNO3. The molecule has 0 amide bonds. The van der Waals surface area contributed by atoms with Gasteiger partial charge >= 0.3 is 0 Å². The molecule has 0 aliphatic rings. The molecule has 0 atom stereocenters. The minimum absolute atomic E-state index is 0.0881. The molecule has 4 nitrogen and oxygen atoms in total.